The summed E-state index contributed by atoms with van der Waals surface area (Å²) in [5.41, 5.74) is 1.10. The van der Waals surface area contributed by atoms with E-state index >= 15 is 0 Å². The van der Waals surface area contributed by atoms with E-state index in [2.05, 4.69) is 17.9 Å². The number of anilines is 1. The molecule has 92 valence electrons. The van der Waals surface area contributed by atoms with Crippen molar-refractivity contribution in [1.82, 2.24) is 0 Å². The molecular formula is C13H16FNOS. The molecule has 1 fully saturated rings. The van der Waals surface area contributed by atoms with Gasteiger partial charge in [-0.25, -0.2) is 4.39 Å². The molecule has 1 saturated carbocycles. The first-order chi connectivity index (χ1) is 8.06. The average molecular weight is 253 g/mol. The van der Waals surface area contributed by atoms with E-state index in [0.29, 0.717) is 12.1 Å². The van der Waals surface area contributed by atoms with Crippen LogP contribution in [0.5, 0.6) is 0 Å². The topological polar surface area (TPSA) is 29.1 Å². The van der Waals surface area contributed by atoms with Crippen LogP contribution < -0.4 is 5.32 Å². The Morgan fingerprint density at radius 3 is 2.76 bits per heavy atom. The molecule has 17 heavy (non-hydrogen) atoms. The normalized spacial score (nSPS) is 16.6. The lowest BCUT2D eigenvalue weighted by atomic mass is 10.0. The monoisotopic (exact) mass is 253 g/mol. The minimum Gasteiger partial charge on any atom is -0.323 e. The second-order valence-electron chi connectivity index (χ2n) is 4.81. The predicted molar refractivity (Wildman–Crippen MR) is 69.9 cm³/mol. The second kappa shape index (κ2) is 4.69. The van der Waals surface area contributed by atoms with Crippen LogP contribution >= 0.6 is 12.6 Å². The van der Waals surface area contributed by atoms with Gasteiger partial charge in [-0.15, -0.1) is 0 Å². The first-order valence-corrected chi connectivity index (χ1v) is 6.35. The minimum absolute atomic E-state index is 0.0619. The van der Waals surface area contributed by atoms with Crippen molar-refractivity contribution in [1.29, 1.82) is 0 Å². The van der Waals surface area contributed by atoms with Crippen molar-refractivity contribution < 1.29 is 9.18 Å². The Kier molecular flexibility index (Phi) is 3.43. The van der Waals surface area contributed by atoms with Gasteiger partial charge in [0.05, 0.1) is 5.69 Å². The Labute approximate surface area is 106 Å². The van der Waals surface area contributed by atoms with Crippen LogP contribution in [0.15, 0.2) is 18.2 Å². The number of para-hydroxylation sites is 1. The van der Waals surface area contributed by atoms with Gasteiger partial charge in [-0.2, -0.15) is 12.6 Å². The number of halogens is 1. The molecule has 2 nitrogen and oxygen atoms in total. The summed E-state index contributed by atoms with van der Waals surface area (Å²) in [4.78, 5) is 11.8. The molecule has 1 aliphatic carbocycles. The van der Waals surface area contributed by atoms with E-state index in [4.69, 9.17) is 0 Å². The number of carbonyl (C=O) groups is 1. The number of carbonyl (C=O) groups excluding carboxylic acids is 1. The maximum Gasteiger partial charge on any atom is 0.225 e. The van der Waals surface area contributed by atoms with Crippen LogP contribution in [0.3, 0.4) is 0 Å². The summed E-state index contributed by atoms with van der Waals surface area (Å²) in [6, 6.07) is 4.77. The summed E-state index contributed by atoms with van der Waals surface area (Å²) in [7, 11) is 0. The molecular weight excluding hydrogens is 237 g/mol. The Hall–Kier alpha value is -1.03. The van der Waals surface area contributed by atoms with Crippen LogP contribution in [0.4, 0.5) is 10.1 Å². The fourth-order valence-electron chi connectivity index (χ4n) is 1.88. The molecule has 2 rings (SSSR count). The van der Waals surface area contributed by atoms with Gasteiger partial charge in [0.25, 0.3) is 0 Å². The number of nitrogens with one attached hydrogen (secondary N) is 1. The van der Waals surface area contributed by atoms with Crippen molar-refractivity contribution in [2.45, 2.75) is 26.2 Å². The lowest BCUT2D eigenvalue weighted by Gasteiger charge is -2.13. The van der Waals surface area contributed by atoms with Crippen LogP contribution in [0.25, 0.3) is 0 Å². The first kappa shape index (κ1) is 12.4. The third-order valence-corrected chi connectivity index (χ3v) is 3.99. The van der Waals surface area contributed by atoms with Crippen molar-refractivity contribution in [3.63, 3.8) is 0 Å². The third-order valence-electron chi connectivity index (χ3n) is 3.31. The lowest BCUT2D eigenvalue weighted by Crippen LogP contribution is -2.19. The number of amides is 1. The summed E-state index contributed by atoms with van der Waals surface area (Å²) in [5, 5.41) is 2.66. The molecule has 0 spiro atoms. The van der Waals surface area contributed by atoms with Gasteiger partial charge in [0, 0.05) is 6.42 Å². The fourth-order valence-corrected chi connectivity index (χ4v) is 2.31. The molecule has 0 aliphatic heterocycles. The van der Waals surface area contributed by atoms with Gasteiger partial charge in [0.15, 0.2) is 0 Å². The molecule has 0 bridgehead atoms. The van der Waals surface area contributed by atoms with Gasteiger partial charge >= 0.3 is 0 Å². The van der Waals surface area contributed by atoms with E-state index in [1.807, 2.05) is 0 Å². The van der Waals surface area contributed by atoms with E-state index < -0.39 is 0 Å². The smallest absolute Gasteiger partial charge is 0.225 e. The molecule has 1 amide bonds. The second-order valence-corrected chi connectivity index (χ2v) is 5.13. The maximum absolute atomic E-state index is 13.5. The molecule has 4 heteroatoms. The highest BCUT2D eigenvalue weighted by Gasteiger charge is 2.42. The van der Waals surface area contributed by atoms with Crippen molar-refractivity contribution >= 4 is 24.2 Å². The summed E-state index contributed by atoms with van der Waals surface area (Å²) in [6.45, 7) is 1.78. The highest BCUT2D eigenvalue weighted by molar-refractivity contribution is 7.80. The molecule has 0 heterocycles. The zero-order chi connectivity index (χ0) is 12.5. The lowest BCUT2D eigenvalue weighted by molar-refractivity contribution is -0.117. The highest BCUT2D eigenvalue weighted by atomic mass is 32.1. The molecule has 0 saturated heterocycles. The van der Waals surface area contributed by atoms with Crippen LogP contribution in [-0.4, -0.2) is 11.7 Å². The van der Waals surface area contributed by atoms with Gasteiger partial charge in [-0.05, 0) is 42.6 Å². The number of aryl methyl sites for hydroxylation is 1. The van der Waals surface area contributed by atoms with E-state index in [1.165, 1.54) is 6.07 Å². The molecule has 1 aromatic carbocycles. The zero-order valence-electron chi connectivity index (χ0n) is 9.79. The SMILES string of the molecule is Cc1cccc(F)c1NC(=O)CC1(CS)CC1. The van der Waals surface area contributed by atoms with Gasteiger partial charge in [-0.3, -0.25) is 4.79 Å². The molecule has 1 aliphatic rings. The molecule has 0 radical (unpaired) electrons. The van der Waals surface area contributed by atoms with Crippen LogP contribution in [0.2, 0.25) is 0 Å². The molecule has 0 atom stereocenters. The number of thiol groups is 1. The largest absolute Gasteiger partial charge is 0.323 e. The Balaban J connectivity index is 2.03. The molecule has 1 aromatic rings. The van der Waals surface area contributed by atoms with Crippen LogP contribution in [0.1, 0.15) is 24.8 Å². The van der Waals surface area contributed by atoms with Crippen LogP contribution in [-0.2, 0) is 4.79 Å². The Bertz CT molecular complexity index is 423. The van der Waals surface area contributed by atoms with Gasteiger partial charge in [0.2, 0.25) is 5.91 Å². The minimum atomic E-state index is -0.380. The van der Waals surface area contributed by atoms with E-state index in [0.717, 1.165) is 24.2 Å². The van der Waals surface area contributed by atoms with Gasteiger partial charge < -0.3 is 5.32 Å². The average Bonchev–Trinajstić information content (AvgIpc) is 3.04. The quantitative estimate of drug-likeness (QED) is 0.793. The molecule has 1 N–H and O–H groups in total. The zero-order valence-corrected chi connectivity index (χ0v) is 10.7. The van der Waals surface area contributed by atoms with Crippen molar-refractivity contribution in [3.8, 4) is 0 Å². The highest BCUT2D eigenvalue weighted by Crippen LogP contribution is 2.49. The Morgan fingerprint density at radius 2 is 2.24 bits per heavy atom. The van der Waals surface area contributed by atoms with Gasteiger partial charge in [0.1, 0.15) is 5.82 Å². The summed E-state index contributed by atoms with van der Waals surface area (Å²) in [6.07, 6.45) is 2.52. The number of hydrogen-bond donors (Lipinski definition) is 2. The summed E-state index contributed by atoms with van der Waals surface area (Å²) < 4.78 is 13.5. The van der Waals surface area contributed by atoms with Crippen molar-refractivity contribution in [2.24, 2.45) is 5.41 Å². The maximum atomic E-state index is 13.5. The summed E-state index contributed by atoms with van der Waals surface area (Å²) >= 11 is 4.25. The first-order valence-electron chi connectivity index (χ1n) is 5.72. The summed E-state index contributed by atoms with van der Waals surface area (Å²) in [5.74, 6) is 0.218. The fraction of sp³-hybridized carbons (Fsp3) is 0.462. The Morgan fingerprint density at radius 1 is 1.53 bits per heavy atom. The third kappa shape index (κ3) is 2.80. The number of rotatable bonds is 4. The van der Waals surface area contributed by atoms with Crippen molar-refractivity contribution in [2.75, 3.05) is 11.1 Å². The predicted octanol–water partition coefficient (Wildman–Crippen LogP) is 3.17. The van der Waals surface area contributed by atoms with Crippen molar-refractivity contribution in [3.05, 3.63) is 29.6 Å². The molecule has 0 unspecified atom stereocenters. The van der Waals surface area contributed by atoms with Crippen LogP contribution in [0, 0.1) is 18.2 Å². The van der Waals surface area contributed by atoms with Gasteiger partial charge in [-0.1, -0.05) is 12.1 Å². The standard InChI is InChI=1S/C13H16FNOS/c1-9-3-2-4-10(14)12(9)15-11(16)7-13(8-17)5-6-13/h2-4,17H,5-8H2,1H3,(H,15,16). The van der Waals surface area contributed by atoms with E-state index in [1.54, 1.807) is 19.1 Å². The number of benzene rings is 1. The van der Waals surface area contributed by atoms with E-state index in [-0.39, 0.29) is 17.1 Å². The van der Waals surface area contributed by atoms with E-state index in [9.17, 15) is 9.18 Å². The number of hydrogen-bond acceptors (Lipinski definition) is 2. The molecule has 0 aromatic heterocycles.